The second-order valence-corrected chi connectivity index (χ2v) is 7.44. The molecule has 23 heavy (non-hydrogen) atoms. The highest BCUT2D eigenvalue weighted by Crippen LogP contribution is 2.25. The van der Waals surface area contributed by atoms with Gasteiger partial charge < -0.3 is 0 Å². The molecule has 0 bridgehead atoms. The molecule has 5 nitrogen and oxygen atoms in total. The molecule has 0 radical (unpaired) electrons. The molecule has 1 saturated carbocycles. The SMILES string of the molecule is N#CC1CCCCCCC(/C=N/OS(=O)(=O)c2ccccc2)C1. The average Bonchev–Trinajstić information content (AvgIpc) is 2.67. The lowest BCUT2D eigenvalue weighted by Gasteiger charge is -2.13. The van der Waals surface area contributed by atoms with E-state index >= 15 is 0 Å². The molecular weight excluding hydrogens is 312 g/mol. The summed E-state index contributed by atoms with van der Waals surface area (Å²) in [6, 6.07) is 10.3. The van der Waals surface area contributed by atoms with Crippen molar-refractivity contribution < 1.29 is 12.7 Å². The Kier molecular flexibility index (Phi) is 6.60. The monoisotopic (exact) mass is 334 g/mol. The Morgan fingerprint density at radius 3 is 2.52 bits per heavy atom. The van der Waals surface area contributed by atoms with Gasteiger partial charge in [0.2, 0.25) is 0 Å². The second-order valence-electron chi connectivity index (χ2n) is 5.91. The van der Waals surface area contributed by atoms with E-state index in [0.717, 1.165) is 44.9 Å². The number of nitriles is 1. The number of nitrogens with zero attached hydrogens (tertiary/aromatic N) is 2. The lowest BCUT2D eigenvalue weighted by atomic mass is 9.91. The number of rotatable bonds is 4. The molecule has 0 amide bonds. The fourth-order valence-electron chi connectivity index (χ4n) is 2.80. The van der Waals surface area contributed by atoms with Gasteiger partial charge in [0.1, 0.15) is 4.90 Å². The second kappa shape index (κ2) is 8.68. The van der Waals surface area contributed by atoms with E-state index in [-0.39, 0.29) is 16.7 Å². The van der Waals surface area contributed by atoms with E-state index in [4.69, 9.17) is 4.28 Å². The summed E-state index contributed by atoms with van der Waals surface area (Å²) < 4.78 is 28.7. The van der Waals surface area contributed by atoms with Crippen molar-refractivity contribution in [1.82, 2.24) is 0 Å². The molecule has 2 atom stereocenters. The van der Waals surface area contributed by atoms with Crippen LogP contribution < -0.4 is 0 Å². The molecule has 1 aliphatic carbocycles. The highest BCUT2D eigenvalue weighted by molar-refractivity contribution is 7.86. The highest BCUT2D eigenvalue weighted by atomic mass is 32.2. The minimum absolute atomic E-state index is 0.00952. The number of oxime groups is 1. The quantitative estimate of drug-likeness (QED) is 0.618. The molecule has 1 aliphatic rings. The van der Waals surface area contributed by atoms with Gasteiger partial charge in [-0.3, -0.25) is 4.28 Å². The van der Waals surface area contributed by atoms with E-state index in [1.165, 1.54) is 12.1 Å². The fourth-order valence-corrected chi connectivity index (χ4v) is 3.54. The summed E-state index contributed by atoms with van der Waals surface area (Å²) in [5.74, 6) is 0.0963. The molecule has 0 saturated heterocycles. The lowest BCUT2D eigenvalue weighted by Crippen LogP contribution is -2.10. The largest absolute Gasteiger partial charge is 0.358 e. The maximum Gasteiger partial charge on any atom is 0.358 e. The normalized spacial score (nSPS) is 23.4. The molecule has 1 fully saturated rings. The van der Waals surface area contributed by atoms with Gasteiger partial charge in [0.05, 0.1) is 6.07 Å². The summed E-state index contributed by atoms with van der Waals surface area (Å²) in [5.41, 5.74) is 0. The molecule has 0 spiro atoms. The van der Waals surface area contributed by atoms with Crippen LogP contribution >= 0.6 is 0 Å². The molecule has 124 valence electrons. The van der Waals surface area contributed by atoms with Crippen molar-refractivity contribution in [1.29, 1.82) is 5.26 Å². The van der Waals surface area contributed by atoms with Gasteiger partial charge in [-0.1, -0.05) is 49.0 Å². The van der Waals surface area contributed by atoms with E-state index in [9.17, 15) is 13.7 Å². The number of benzene rings is 1. The van der Waals surface area contributed by atoms with Gasteiger partial charge in [0, 0.05) is 12.1 Å². The van der Waals surface area contributed by atoms with Crippen molar-refractivity contribution in [3.05, 3.63) is 30.3 Å². The van der Waals surface area contributed by atoms with Crippen LogP contribution in [0.15, 0.2) is 40.4 Å². The summed E-state index contributed by atoms with van der Waals surface area (Å²) in [6.07, 6.45) is 8.54. The summed E-state index contributed by atoms with van der Waals surface area (Å²) in [4.78, 5) is 0.0847. The molecule has 0 heterocycles. The molecule has 1 aromatic rings. The van der Waals surface area contributed by atoms with Crippen LogP contribution in [-0.4, -0.2) is 14.6 Å². The minimum atomic E-state index is -3.87. The summed E-state index contributed by atoms with van der Waals surface area (Å²) in [7, 11) is -3.87. The van der Waals surface area contributed by atoms with Gasteiger partial charge in [-0.15, -0.1) is 0 Å². The molecule has 0 aromatic heterocycles. The maximum atomic E-state index is 12.0. The predicted molar refractivity (Wildman–Crippen MR) is 88.1 cm³/mol. The Bertz CT molecular complexity index is 650. The Balaban J connectivity index is 1.98. The van der Waals surface area contributed by atoms with Crippen LogP contribution in [0, 0.1) is 23.2 Å². The Morgan fingerprint density at radius 2 is 1.83 bits per heavy atom. The molecule has 1 aromatic carbocycles. The smallest absolute Gasteiger partial charge is 0.265 e. The Hall–Kier alpha value is -1.87. The van der Waals surface area contributed by atoms with Crippen molar-refractivity contribution >= 4 is 16.3 Å². The fraction of sp³-hybridized carbons (Fsp3) is 0.529. The highest BCUT2D eigenvalue weighted by Gasteiger charge is 2.18. The van der Waals surface area contributed by atoms with Gasteiger partial charge in [0.25, 0.3) is 0 Å². The van der Waals surface area contributed by atoms with Crippen molar-refractivity contribution in [3.63, 3.8) is 0 Å². The number of hydrogen-bond donors (Lipinski definition) is 0. The lowest BCUT2D eigenvalue weighted by molar-refractivity contribution is 0.335. The van der Waals surface area contributed by atoms with E-state index in [0.29, 0.717) is 0 Å². The summed E-state index contributed by atoms with van der Waals surface area (Å²) >= 11 is 0. The van der Waals surface area contributed by atoms with Crippen molar-refractivity contribution in [2.45, 2.75) is 49.8 Å². The first-order valence-corrected chi connectivity index (χ1v) is 9.44. The van der Waals surface area contributed by atoms with E-state index in [1.54, 1.807) is 24.4 Å². The van der Waals surface area contributed by atoms with Gasteiger partial charge in [0.15, 0.2) is 0 Å². The first-order valence-electron chi connectivity index (χ1n) is 8.03. The zero-order valence-corrected chi connectivity index (χ0v) is 13.9. The van der Waals surface area contributed by atoms with Crippen LogP contribution in [0.3, 0.4) is 0 Å². The maximum absolute atomic E-state index is 12.0. The van der Waals surface area contributed by atoms with Crippen molar-refractivity contribution in [2.24, 2.45) is 17.0 Å². The van der Waals surface area contributed by atoms with Gasteiger partial charge in [-0.25, -0.2) is 0 Å². The topological polar surface area (TPSA) is 79.5 Å². The van der Waals surface area contributed by atoms with Crippen LogP contribution in [0.4, 0.5) is 0 Å². The van der Waals surface area contributed by atoms with Crippen LogP contribution in [0.5, 0.6) is 0 Å². The third-order valence-corrected chi connectivity index (χ3v) is 5.22. The summed E-state index contributed by atoms with van der Waals surface area (Å²) in [6.45, 7) is 0. The van der Waals surface area contributed by atoms with E-state index < -0.39 is 10.1 Å². The minimum Gasteiger partial charge on any atom is -0.265 e. The zero-order chi connectivity index (χ0) is 16.5. The van der Waals surface area contributed by atoms with E-state index in [1.807, 2.05) is 0 Å². The van der Waals surface area contributed by atoms with Crippen LogP contribution in [-0.2, 0) is 14.4 Å². The number of hydrogen-bond acceptors (Lipinski definition) is 5. The molecule has 2 rings (SSSR count). The third kappa shape index (κ3) is 5.68. The van der Waals surface area contributed by atoms with Gasteiger partial charge >= 0.3 is 10.1 Å². The summed E-state index contributed by atoms with van der Waals surface area (Å²) in [5, 5.41) is 12.9. The molecule has 6 heteroatoms. The average molecular weight is 334 g/mol. The third-order valence-electron chi connectivity index (χ3n) is 4.09. The molecular formula is C17H22N2O3S. The van der Waals surface area contributed by atoms with Gasteiger partial charge in [-0.05, 0) is 37.3 Å². The van der Waals surface area contributed by atoms with E-state index in [2.05, 4.69) is 11.2 Å². The predicted octanol–water partition coefficient (Wildman–Crippen LogP) is 3.88. The van der Waals surface area contributed by atoms with Crippen molar-refractivity contribution in [3.8, 4) is 6.07 Å². The van der Waals surface area contributed by atoms with Crippen LogP contribution in [0.1, 0.15) is 44.9 Å². The zero-order valence-electron chi connectivity index (χ0n) is 13.1. The Morgan fingerprint density at radius 1 is 1.13 bits per heavy atom. The van der Waals surface area contributed by atoms with Crippen molar-refractivity contribution in [2.75, 3.05) is 0 Å². The first-order chi connectivity index (χ1) is 11.1. The first kappa shape index (κ1) is 17.5. The molecule has 2 unspecified atom stereocenters. The standard InChI is InChI=1S/C17H22N2O3S/c18-13-15-8-4-1-2-5-9-16(12-15)14-19-22-23(20,21)17-10-6-3-7-11-17/h3,6-7,10-11,14-16H,1-2,4-5,8-9,12H2/b19-14+. The van der Waals surface area contributed by atoms with Crippen LogP contribution in [0.2, 0.25) is 0 Å². The Labute approximate surface area is 138 Å². The van der Waals surface area contributed by atoms with Gasteiger partial charge in [-0.2, -0.15) is 13.7 Å². The molecule has 0 aliphatic heterocycles. The van der Waals surface area contributed by atoms with Crippen LogP contribution in [0.25, 0.3) is 0 Å². The molecule has 0 N–H and O–H groups in total.